The van der Waals surface area contributed by atoms with Crippen LogP contribution in [0.1, 0.15) is 24.0 Å². The molecule has 1 saturated carbocycles. The average Bonchev–Trinajstić information content (AvgIpc) is 3.25. The molecule has 1 aliphatic carbocycles. The summed E-state index contributed by atoms with van der Waals surface area (Å²) in [4.78, 5) is 6.63. The van der Waals surface area contributed by atoms with E-state index in [4.69, 9.17) is 5.11 Å². The van der Waals surface area contributed by atoms with Gasteiger partial charge in [0.05, 0.1) is 36.6 Å². The molecule has 1 aromatic heterocycles. The highest BCUT2D eigenvalue weighted by Gasteiger charge is 2.29. The van der Waals surface area contributed by atoms with E-state index >= 15 is 0 Å². The van der Waals surface area contributed by atoms with Crippen molar-refractivity contribution >= 4 is 11.0 Å². The molecule has 0 spiro atoms. The van der Waals surface area contributed by atoms with Crippen molar-refractivity contribution in [3.63, 3.8) is 0 Å². The second-order valence-electron chi connectivity index (χ2n) is 6.43. The number of nitrogens with zero attached hydrogens (tertiary/aromatic N) is 3. The fourth-order valence-electron chi connectivity index (χ4n) is 3.01. The first-order valence-corrected chi connectivity index (χ1v) is 8.03. The molecule has 1 aromatic carbocycles. The molecule has 1 unspecified atom stereocenters. The SMILES string of the molecule is Cc1cc2ncn(CC(O)CN(CCO)C3CC3)c2cc1C. The van der Waals surface area contributed by atoms with Crippen molar-refractivity contribution in [2.75, 3.05) is 19.7 Å². The number of hydrogen-bond acceptors (Lipinski definition) is 4. The summed E-state index contributed by atoms with van der Waals surface area (Å²) in [7, 11) is 0. The van der Waals surface area contributed by atoms with Crippen molar-refractivity contribution in [2.45, 2.75) is 45.4 Å². The highest BCUT2D eigenvalue weighted by atomic mass is 16.3. The topological polar surface area (TPSA) is 61.5 Å². The minimum absolute atomic E-state index is 0.149. The predicted molar refractivity (Wildman–Crippen MR) is 86.9 cm³/mol. The van der Waals surface area contributed by atoms with Crippen molar-refractivity contribution < 1.29 is 10.2 Å². The molecule has 120 valence electrons. The summed E-state index contributed by atoms with van der Waals surface area (Å²) < 4.78 is 2.02. The van der Waals surface area contributed by atoms with Gasteiger partial charge < -0.3 is 14.8 Å². The number of aliphatic hydroxyl groups excluding tert-OH is 2. The van der Waals surface area contributed by atoms with E-state index in [9.17, 15) is 5.11 Å². The van der Waals surface area contributed by atoms with Gasteiger partial charge in [0.1, 0.15) is 0 Å². The second-order valence-corrected chi connectivity index (χ2v) is 6.43. The third-order valence-corrected chi connectivity index (χ3v) is 4.54. The lowest BCUT2D eigenvalue weighted by Crippen LogP contribution is -2.38. The van der Waals surface area contributed by atoms with Gasteiger partial charge in [-0.15, -0.1) is 0 Å². The third-order valence-electron chi connectivity index (χ3n) is 4.54. The molecule has 2 N–H and O–H groups in total. The zero-order chi connectivity index (χ0) is 15.7. The van der Waals surface area contributed by atoms with Crippen LogP contribution >= 0.6 is 0 Å². The predicted octanol–water partition coefficient (Wildman–Crippen LogP) is 1.47. The van der Waals surface area contributed by atoms with Crippen molar-refractivity contribution in [3.05, 3.63) is 29.6 Å². The summed E-state index contributed by atoms with van der Waals surface area (Å²) >= 11 is 0. The molecule has 1 heterocycles. The molecule has 1 fully saturated rings. The van der Waals surface area contributed by atoms with Gasteiger partial charge in [-0.3, -0.25) is 4.90 Å². The largest absolute Gasteiger partial charge is 0.395 e. The van der Waals surface area contributed by atoms with Crippen LogP contribution in [0.15, 0.2) is 18.5 Å². The molecule has 1 atom stereocenters. The van der Waals surface area contributed by atoms with E-state index < -0.39 is 6.10 Å². The Morgan fingerprint density at radius 2 is 2.05 bits per heavy atom. The molecule has 5 heteroatoms. The Labute approximate surface area is 131 Å². The highest BCUT2D eigenvalue weighted by molar-refractivity contribution is 5.77. The van der Waals surface area contributed by atoms with Crippen molar-refractivity contribution in [1.29, 1.82) is 0 Å². The van der Waals surface area contributed by atoms with Gasteiger partial charge in [-0.2, -0.15) is 0 Å². The summed E-state index contributed by atoms with van der Waals surface area (Å²) in [6.45, 7) is 6.12. The lowest BCUT2D eigenvalue weighted by molar-refractivity contribution is 0.0842. The average molecular weight is 303 g/mol. The highest BCUT2D eigenvalue weighted by Crippen LogP contribution is 2.26. The van der Waals surface area contributed by atoms with Crippen molar-refractivity contribution in [3.8, 4) is 0 Å². The van der Waals surface area contributed by atoms with E-state index in [2.05, 4.69) is 35.9 Å². The van der Waals surface area contributed by atoms with Gasteiger partial charge in [-0.1, -0.05) is 0 Å². The first kappa shape index (κ1) is 15.5. The Bertz CT molecular complexity index is 649. The van der Waals surface area contributed by atoms with E-state index in [0.717, 1.165) is 11.0 Å². The van der Waals surface area contributed by atoms with Crippen LogP contribution in [-0.2, 0) is 6.54 Å². The fourth-order valence-corrected chi connectivity index (χ4v) is 3.01. The van der Waals surface area contributed by atoms with Gasteiger partial charge in [0.25, 0.3) is 0 Å². The number of fused-ring (bicyclic) bond motifs is 1. The Morgan fingerprint density at radius 1 is 1.32 bits per heavy atom. The monoisotopic (exact) mass is 303 g/mol. The summed E-state index contributed by atoms with van der Waals surface area (Å²) in [5.74, 6) is 0. The third kappa shape index (κ3) is 3.32. The molecule has 0 radical (unpaired) electrons. The van der Waals surface area contributed by atoms with Gasteiger partial charge in [-0.25, -0.2) is 4.98 Å². The van der Waals surface area contributed by atoms with Gasteiger partial charge in [-0.05, 0) is 49.9 Å². The maximum absolute atomic E-state index is 10.4. The van der Waals surface area contributed by atoms with E-state index in [1.165, 1.54) is 24.0 Å². The second kappa shape index (κ2) is 6.36. The van der Waals surface area contributed by atoms with Crippen LogP contribution in [0.3, 0.4) is 0 Å². The summed E-state index contributed by atoms with van der Waals surface area (Å²) in [6.07, 6.45) is 3.71. The number of imidazole rings is 1. The Kier molecular flexibility index (Phi) is 4.47. The summed E-state index contributed by atoms with van der Waals surface area (Å²) in [6, 6.07) is 4.78. The molecule has 0 amide bonds. The molecule has 0 bridgehead atoms. The normalized spacial score (nSPS) is 16.6. The molecule has 2 aromatic rings. The van der Waals surface area contributed by atoms with E-state index in [0.29, 0.717) is 25.7 Å². The minimum Gasteiger partial charge on any atom is -0.395 e. The van der Waals surface area contributed by atoms with Gasteiger partial charge in [0.2, 0.25) is 0 Å². The van der Waals surface area contributed by atoms with Gasteiger partial charge in [0.15, 0.2) is 0 Å². The lowest BCUT2D eigenvalue weighted by atomic mass is 10.1. The Balaban J connectivity index is 1.70. The van der Waals surface area contributed by atoms with Crippen molar-refractivity contribution in [1.82, 2.24) is 14.5 Å². The first-order chi connectivity index (χ1) is 10.6. The van der Waals surface area contributed by atoms with Crippen LogP contribution in [0.25, 0.3) is 11.0 Å². The van der Waals surface area contributed by atoms with E-state index in [-0.39, 0.29) is 6.61 Å². The molecule has 0 aliphatic heterocycles. The molecule has 5 nitrogen and oxygen atoms in total. The first-order valence-electron chi connectivity index (χ1n) is 8.03. The maximum atomic E-state index is 10.4. The number of aliphatic hydroxyl groups is 2. The van der Waals surface area contributed by atoms with E-state index in [1.807, 2.05) is 4.57 Å². The van der Waals surface area contributed by atoms with Crippen LogP contribution in [0, 0.1) is 13.8 Å². The smallest absolute Gasteiger partial charge is 0.0959 e. The van der Waals surface area contributed by atoms with Gasteiger partial charge >= 0.3 is 0 Å². The fraction of sp³-hybridized carbons (Fsp3) is 0.588. The maximum Gasteiger partial charge on any atom is 0.0959 e. The van der Waals surface area contributed by atoms with Crippen LogP contribution in [0.2, 0.25) is 0 Å². The van der Waals surface area contributed by atoms with Crippen LogP contribution in [-0.4, -0.2) is 56.5 Å². The minimum atomic E-state index is -0.453. The number of rotatable bonds is 7. The quantitative estimate of drug-likeness (QED) is 0.813. The number of aryl methyl sites for hydroxylation is 2. The Hall–Kier alpha value is -1.43. The summed E-state index contributed by atoms with van der Waals surface area (Å²) in [5.41, 5.74) is 4.52. The zero-order valence-electron chi connectivity index (χ0n) is 13.4. The molecular weight excluding hydrogens is 278 g/mol. The van der Waals surface area contributed by atoms with Gasteiger partial charge in [0, 0.05) is 19.1 Å². The molecule has 1 aliphatic rings. The summed E-state index contributed by atoms with van der Waals surface area (Å²) in [5, 5.41) is 19.5. The molecule has 22 heavy (non-hydrogen) atoms. The van der Waals surface area contributed by atoms with E-state index in [1.54, 1.807) is 6.33 Å². The van der Waals surface area contributed by atoms with Crippen LogP contribution in [0.5, 0.6) is 0 Å². The van der Waals surface area contributed by atoms with Crippen molar-refractivity contribution in [2.24, 2.45) is 0 Å². The lowest BCUT2D eigenvalue weighted by Gasteiger charge is -2.24. The molecule has 0 saturated heterocycles. The Morgan fingerprint density at radius 3 is 2.73 bits per heavy atom. The van der Waals surface area contributed by atoms with Crippen LogP contribution < -0.4 is 0 Å². The zero-order valence-corrected chi connectivity index (χ0v) is 13.4. The number of aromatic nitrogens is 2. The molecule has 3 rings (SSSR count). The van der Waals surface area contributed by atoms with Crippen LogP contribution in [0.4, 0.5) is 0 Å². The number of hydrogen-bond donors (Lipinski definition) is 2. The number of benzene rings is 1. The standard InChI is InChI=1S/C17H25N3O2/c1-12-7-16-17(8-13(12)2)20(11-18-16)10-15(22)9-19(5-6-21)14-3-4-14/h7-8,11,14-15,21-22H,3-6,9-10H2,1-2H3. The molecular formula is C17H25N3O2.